The molecule has 1 saturated heterocycles. The van der Waals surface area contributed by atoms with Crippen LogP contribution in [0.3, 0.4) is 0 Å². The van der Waals surface area contributed by atoms with Gasteiger partial charge in [-0.2, -0.15) is 0 Å². The molecule has 5 heteroatoms. The number of amides is 1. The number of hydrogen-bond donors (Lipinski definition) is 0. The monoisotopic (exact) mass is 371 g/mol. The molecule has 4 nitrogen and oxygen atoms in total. The van der Waals surface area contributed by atoms with Crippen molar-refractivity contribution in [3.05, 3.63) is 51.9 Å². The van der Waals surface area contributed by atoms with Crippen molar-refractivity contribution < 1.29 is 14.3 Å². The summed E-state index contributed by atoms with van der Waals surface area (Å²) in [6, 6.07) is 10.5. The van der Waals surface area contributed by atoms with Crippen molar-refractivity contribution in [1.29, 1.82) is 0 Å². The quantitative estimate of drug-likeness (QED) is 0.810. The van der Waals surface area contributed by atoms with E-state index in [9.17, 15) is 4.79 Å². The number of thiophene rings is 1. The van der Waals surface area contributed by atoms with Crippen LogP contribution in [0.5, 0.6) is 0 Å². The summed E-state index contributed by atoms with van der Waals surface area (Å²) in [7, 11) is 0. The van der Waals surface area contributed by atoms with Gasteiger partial charge in [-0.05, 0) is 37.5 Å². The van der Waals surface area contributed by atoms with E-state index in [2.05, 4.69) is 44.2 Å². The molecule has 1 aromatic heterocycles. The maximum atomic E-state index is 12.3. The first-order chi connectivity index (χ1) is 12.4. The Morgan fingerprint density at radius 1 is 1.35 bits per heavy atom. The Bertz CT molecular complexity index is 813. The fraction of sp³-hybridized carbons (Fsp3) is 0.476. The molecule has 1 aliphatic carbocycles. The topological polar surface area (TPSA) is 38.8 Å². The third-order valence-electron chi connectivity index (χ3n) is 5.19. The summed E-state index contributed by atoms with van der Waals surface area (Å²) in [5.74, 6) is -0.382. The molecule has 4 rings (SSSR count). The van der Waals surface area contributed by atoms with Crippen LogP contribution in [-0.2, 0) is 33.7 Å². The number of ether oxygens (including phenoxy) is 2. The molecule has 1 aliphatic heterocycles. The molecule has 0 saturated carbocycles. The molecule has 2 unspecified atom stereocenters. The molecule has 2 aliphatic rings. The Hall–Kier alpha value is -1.69. The van der Waals surface area contributed by atoms with Crippen LogP contribution in [0.25, 0.3) is 0 Å². The van der Waals surface area contributed by atoms with Gasteiger partial charge < -0.3 is 9.47 Å². The van der Waals surface area contributed by atoms with Crippen molar-refractivity contribution in [2.75, 3.05) is 11.5 Å². The lowest BCUT2D eigenvalue weighted by Crippen LogP contribution is -2.36. The molecule has 2 atom stereocenters. The molecule has 1 amide bonds. The van der Waals surface area contributed by atoms with Crippen LogP contribution in [0.15, 0.2) is 30.3 Å². The number of hydrogen-bond acceptors (Lipinski definition) is 4. The van der Waals surface area contributed by atoms with Gasteiger partial charge in [0.15, 0.2) is 5.79 Å². The number of aryl methyl sites for hydroxylation is 2. The zero-order valence-corrected chi connectivity index (χ0v) is 16.4. The molecule has 0 radical (unpaired) electrons. The number of fused-ring (bicyclic) bond motifs is 1. The van der Waals surface area contributed by atoms with E-state index >= 15 is 0 Å². The Balaban J connectivity index is 1.57. The Morgan fingerprint density at radius 2 is 2.12 bits per heavy atom. The third kappa shape index (κ3) is 3.43. The van der Waals surface area contributed by atoms with Gasteiger partial charge in [0.1, 0.15) is 0 Å². The van der Waals surface area contributed by atoms with Gasteiger partial charge in [0.2, 0.25) is 5.91 Å². The molecular weight excluding hydrogens is 346 g/mol. The minimum atomic E-state index is -0.452. The van der Waals surface area contributed by atoms with E-state index in [0.29, 0.717) is 13.2 Å². The fourth-order valence-corrected chi connectivity index (χ4v) is 5.09. The molecule has 1 spiro atoms. The summed E-state index contributed by atoms with van der Waals surface area (Å²) in [5, 5.41) is 1.02. The van der Waals surface area contributed by atoms with Gasteiger partial charge in [-0.3, -0.25) is 9.69 Å². The maximum absolute atomic E-state index is 12.3. The highest BCUT2D eigenvalue weighted by atomic mass is 32.1. The van der Waals surface area contributed by atoms with Crippen LogP contribution in [0.2, 0.25) is 0 Å². The average molecular weight is 372 g/mol. The standard InChI is InChI=1S/C21H25NO3S/c1-14-4-6-17(7-5-14)12-22(16(3)23)20-10-18-8-9-21(11-19(18)26-20)24-13-15(2)25-21/h4-7,10,15H,8-9,11-13H2,1-3H3. The largest absolute Gasteiger partial charge is 0.347 e. The molecule has 1 aromatic carbocycles. The van der Waals surface area contributed by atoms with Crippen LogP contribution in [-0.4, -0.2) is 24.4 Å². The Labute approximate surface area is 158 Å². The van der Waals surface area contributed by atoms with Gasteiger partial charge >= 0.3 is 0 Å². The smallest absolute Gasteiger partial charge is 0.224 e. The maximum Gasteiger partial charge on any atom is 0.224 e. The van der Waals surface area contributed by atoms with E-state index in [1.807, 2.05) is 4.90 Å². The van der Waals surface area contributed by atoms with Gasteiger partial charge in [-0.1, -0.05) is 29.8 Å². The summed E-state index contributed by atoms with van der Waals surface area (Å²) in [4.78, 5) is 15.5. The van der Waals surface area contributed by atoms with E-state index in [4.69, 9.17) is 9.47 Å². The summed E-state index contributed by atoms with van der Waals surface area (Å²) in [6.45, 7) is 7.04. The summed E-state index contributed by atoms with van der Waals surface area (Å²) in [6.07, 6.45) is 2.77. The highest BCUT2D eigenvalue weighted by Crippen LogP contribution is 2.43. The van der Waals surface area contributed by atoms with Gasteiger partial charge in [-0.15, -0.1) is 11.3 Å². The molecule has 2 heterocycles. The highest BCUT2D eigenvalue weighted by Gasteiger charge is 2.43. The van der Waals surface area contributed by atoms with E-state index in [1.54, 1.807) is 18.3 Å². The average Bonchev–Trinajstić information content (AvgIpc) is 3.17. The lowest BCUT2D eigenvalue weighted by molar-refractivity contribution is -0.172. The number of carbonyl (C=O) groups excluding carboxylic acids is 1. The van der Waals surface area contributed by atoms with Crippen LogP contribution < -0.4 is 4.90 Å². The van der Waals surface area contributed by atoms with Gasteiger partial charge in [-0.25, -0.2) is 0 Å². The first kappa shape index (κ1) is 17.7. The van der Waals surface area contributed by atoms with Gasteiger partial charge in [0, 0.05) is 24.6 Å². The first-order valence-corrected chi connectivity index (χ1v) is 10.0. The van der Waals surface area contributed by atoms with Crippen molar-refractivity contribution in [3.63, 3.8) is 0 Å². The number of carbonyl (C=O) groups is 1. The summed E-state index contributed by atoms with van der Waals surface area (Å²) in [5.41, 5.74) is 3.70. The normalized spacial score (nSPS) is 24.7. The van der Waals surface area contributed by atoms with E-state index in [0.717, 1.165) is 29.8 Å². The first-order valence-electron chi connectivity index (χ1n) is 9.21. The summed E-state index contributed by atoms with van der Waals surface area (Å²) < 4.78 is 12.1. The molecule has 0 N–H and O–H groups in total. The Morgan fingerprint density at radius 3 is 2.77 bits per heavy atom. The lowest BCUT2D eigenvalue weighted by atomic mass is 9.93. The second-order valence-electron chi connectivity index (χ2n) is 7.45. The molecule has 26 heavy (non-hydrogen) atoms. The van der Waals surface area contributed by atoms with Crippen molar-refractivity contribution in [3.8, 4) is 0 Å². The molecule has 1 fully saturated rings. The van der Waals surface area contributed by atoms with Crippen molar-refractivity contribution in [1.82, 2.24) is 0 Å². The van der Waals surface area contributed by atoms with Crippen LogP contribution >= 0.6 is 11.3 Å². The predicted octanol–water partition coefficient (Wildman–Crippen LogP) is 4.23. The SMILES string of the molecule is CC(=O)N(Cc1ccc(C)cc1)c1cc2c(s1)CC1(CC2)OCC(C)O1. The second-order valence-corrected chi connectivity index (χ2v) is 8.57. The van der Waals surface area contributed by atoms with Gasteiger partial charge in [0.05, 0.1) is 24.3 Å². The van der Waals surface area contributed by atoms with Crippen LogP contribution in [0, 0.1) is 6.92 Å². The zero-order chi connectivity index (χ0) is 18.3. The molecule has 2 aromatic rings. The van der Waals surface area contributed by atoms with Crippen molar-refractivity contribution in [2.45, 2.75) is 58.5 Å². The van der Waals surface area contributed by atoms with Gasteiger partial charge in [0.25, 0.3) is 0 Å². The number of rotatable bonds is 3. The second kappa shape index (κ2) is 6.80. The van der Waals surface area contributed by atoms with Crippen molar-refractivity contribution in [2.24, 2.45) is 0 Å². The van der Waals surface area contributed by atoms with E-state index in [-0.39, 0.29) is 12.0 Å². The predicted molar refractivity (Wildman–Crippen MR) is 104 cm³/mol. The van der Waals surface area contributed by atoms with E-state index < -0.39 is 5.79 Å². The number of nitrogens with zero attached hydrogens (tertiary/aromatic N) is 1. The highest BCUT2D eigenvalue weighted by molar-refractivity contribution is 7.16. The lowest BCUT2D eigenvalue weighted by Gasteiger charge is -2.31. The minimum Gasteiger partial charge on any atom is -0.347 e. The van der Waals surface area contributed by atoms with E-state index in [1.165, 1.54) is 16.0 Å². The number of benzene rings is 1. The third-order valence-corrected chi connectivity index (χ3v) is 6.39. The summed E-state index contributed by atoms with van der Waals surface area (Å²) >= 11 is 1.70. The minimum absolute atomic E-state index is 0.0703. The zero-order valence-electron chi connectivity index (χ0n) is 15.6. The van der Waals surface area contributed by atoms with Crippen LogP contribution in [0.4, 0.5) is 5.00 Å². The molecule has 0 bridgehead atoms. The van der Waals surface area contributed by atoms with Crippen LogP contribution in [0.1, 0.15) is 41.8 Å². The van der Waals surface area contributed by atoms with Crippen molar-refractivity contribution >= 4 is 22.2 Å². The fourth-order valence-electron chi connectivity index (χ4n) is 3.75. The Kier molecular flexibility index (Phi) is 4.63. The molecular formula is C21H25NO3S. The number of anilines is 1. The molecule has 138 valence electrons.